The maximum absolute atomic E-state index is 6.02. The van der Waals surface area contributed by atoms with E-state index in [1.54, 1.807) is 0 Å². The predicted molar refractivity (Wildman–Crippen MR) is 65.8 cm³/mol. The quantitative estimate of drug-likeness (QED) is 0.829. The van der Waals surface area contributed by atoms with Crippen molar-refractivity contribution in [1.29, 1.82) is 0 Å². The van der Waals surface area contributed by atoms with E-state index in [0.29, 0.717) is 11.2 Å². The van der Waals surface area contributed by atoms with Gasteiger partial charge in [-0.3, -0.25) is 0 Å². The van der Waals surface area contributed by atoms with Crippen LogP contribution in [0.1, 0.15) is 18.9 Å². The summed E-state index contributed by atoms with van der Waals surface area (Å²) in [7, 11) is 0. The number of hydrogen-bond donors (Lipinski definition) is 1. The lowest BCUT2D eigenvalue weighted by Gasteiger charge is -2.14. The second-order valence-corrected chi connectivity index (χ2v) is 5.06. The van der Waals surface area contributed by atoms with Crippen LogP contribution in [0.3, 0.4) is 0 Å². The molecule has 1 atom stereocenters. The first-order chi connectivity index (χ1) is 7.31. The summed E-state index contributed by atoms with van der Waals surface area (Å²) in [6, 6.07) is 0.534. The fraction of sp³-hybridized carbons (Fsp3) is 0.600. The van der Waals surface area contributed by atoms with Gasteiger partial charge >= 0.3 is 0 Å². The van der Waals surface area contributed by atoms with Gasteiger partial charge in [0.2, 0.25) is 0 Å². The Morgan fingerprint density at radius 3 is 3.13 bits per heavy atom. The summed E-state index contributed by atoms with van der Waals surface area (Å²) in [4.78, 5) is 8.25. The second-order valence-electron chi connectivity index (χ2n) is 3.55. The van der Waals surface area contributed by atoms with Gasteiger partial charge in [-0.15, -0.1) is 0 Å². The highest BCUT2D eigenvalue weighted by atomic mass is 35.5. The van der Waals surface area contributed by atoms with Crippen molar-refractivity contribution in [2.45, 2.75) is 25.8 Å². The molecule has 1 unspecified atom stereocenters. The minimum atomic E-state index is 0.534. The first kappa shape index (κ1) is 11.0. The molecule has 2 rings (SSSR count). The molecular formula is C10H14ClN3S. The monoisotopic (exact) mass is 243 g/mol. The molecular weight excluding hydrogens is 230 g/mol. The number of nitrogens with one attached hydrogen (secondary N) is 1. The van der Waals surface area contributed by atoms with E-state index in [4.69, 9.17) is 11.6 Å². The summed E-state index contributed by atoms with van der Waals surface area (Å²) in [6.45, 7) is 2.07. The lowest BCUT2D eigenvalue weighted by Crippen LogP contribution is -2.20. The van der Waals surface area contributed by atoms with Gasteiger partial charge in [-0.25, -0.2) is 9.97 Å². The Morgan fingerprint density at radius 2 is 2.47 bits per heavy atom. The standard InChI is InChI=1S/C10H14ClN3S/c1-2-8-9(11)12-6-13-10(8)14-7-3-4-15-5-7/h6-7H,2-5H2,1H3,(H,12,13,14). The van der Waals surface area contributed by atoms with Gasteiger partial charge in [0.05, 0.1) is 0 Å². The number of thioether (sulfide) groups is 1. The third-order valence-corrected chi connectivity index (χ3v) is 4.01. The molecule has 1 fully saturated rings. The number of rotatable bonds is 3. The third-order valence-electron chi connectivity index (χ3n) is 2.52. The Balaban J connectivity index is 2.15. The van der Waals surface area contributed by atoms with Gasteiger partial charge in [-0.2, -0.15) is 11.8 Å². The SMILES string of the molecule is CCc1c(Cl)ncnc1NC1CCSC1. The van der Waals surface area contributed by atoms with E-state index >= 15 is 0 Å². The van der Waals surface area contributed by atoms with Gasteiger partial charge in [0.1, 0.15) is 17.3 Å². The van der Waals surface area contributed by atoms with Crippen LogP contribution in [-0.2, 0) is 6.42 Å². The molecule has 1 aromatic rings. The average Bonchev–Trinajstić information content (AvgIpc) is 2.71. The fourth-order valence-corrected chi connectivity index (χ4v) is 3.09. The average molecular weight is 244 g/mol. The zero-order valence-corrected chi connectivity index (χ0v) is 10.2. The van der Waals surface area contributed by atoms with Crippen LogP contribution in [0.5, 0.6) is 0 Å². The molecule has 3 nitrogen and oxygen atoms in total. The molecule has 1 N–H and O–H groups in total. The van der Waals surface area contributed by atoms with Gasteiger partial charge in [-0.05, 0) is 18.6 Å². The Hall–Kier alpha value is -0.480. The molecule has 0 bridgehead atoms. The minimum Gasteiger partial charge on any atom is -0.366 e. The Morgan fingerprint density at radius 1 is 1.60 bits per heavy atom. The van der Waals surface area contributed by atoms with Crippen molar-refractivity contribution in [3.63, 3.8) is 0 Å². The molecule has 1 saturated heterocycles. The summed E-state index contributed by atoms with van der Waals surface area (Å²) < 4.78 is 0. The molecule has 0 spiro atoms. The van der Waals surface area contributed by atoms with Crippen molar-refractivity contribution in [1.82, 2.24) is 9.97 Å². The molecule has 1 aliphatic rings. The summed E-state index contributed by atoms with van der Waals surface area (Å²) in [5, 5.41) is 4.01. The lowest BCUT2D eigenvalue weighted by molar-refractivity contribution is 0.801. The highest BCUT2D eigenvalue weighted by Crippen LogP contribution is 2.25. The molecule has 0 saturated carbocycles. The lowest BCUT2D eigenvalue weighted by atomic mass is 10.2. The van der Waals surface area contributed by atoms with Gasteiger partial charge in [-0.1, -0.05) is 18.5 Å². The Bertz CT molecular complexity index is 339. The molecule has 5 heteroatoms. The summed E-state index contributed by atoms with van der Waals surface area (Å²) in [5.74, 6) is 3.30. The first-order valence-corrected chi connectivity index (χ1v) is 6.68. The van der Waals surface area contributed by atoms with Crippen LogP contribution in [-0.4, -0.2) is 27.5 Å². The maximum atomic E-state index is 6.02. The van der Waals surface area contributed by atoms with E-state index < -0.39 is 0 Å². The predicted octanol–water partition coefficient (Wildman–Crippen LogP) is 2.61. The molecule has 0 amide bonds. The normalized spacial score (nSPS) is 20.5. The third kappa shape index (κ3) is 2.55. The van der Waals surface area contributed by atoms with Crippen molar-refractivity contribution < 1.29 is 0 Å². The molecule has 0 aromatic carbocycles. The number of aromatic nitrogens is 2. The van der Waals surface area contributed by atoms with E-state index in [9.17, 15) is 0 Å². The number of halogens is 1. The van der Waals surface area contributed by atoms with Crippen LogP contribution >= 0.6 is 23.4 Å². The summed E-state index contributed by atoms with van der Waals surface area (Å²) >= 11 is 8.00. The number of nitrogens with zero attached hydrogens (tertiary/aromatic N) is 2. The topological polar surface area (TPSA) is 37.8 Å². The highest BCUT2D eigenvalue weighted by Gasteiger charge is 2.17. The van der Waals surface area contributed by atoms with Crippen LogP contribution in [0.15, 0.2) is 6.33 Å². The maximum Gasteiger partial charge on any atom is 0.137 e. The van der Waals surface area contributed by atoms with Gasteiger partial charge in [0, 0.05) is 17.4 Å². The van der Waals surface area contributed by atoms with Crippen LogP contribution in [0.2, 0.25) is 5.15 Å². The minimum absolute atomic E-state index is 0.534. The van der Waals surface area contributed by atoms with Crippen molar-refractivity contribution in [2.75, 3.05) is 16.8 Å². The van der Waals surface area contributed by atoms with Gasteiger partial charge in [0.25, 0.3) is 0 Å². The number of hydrogen-bond acceptors (Lipinski definition) is 4. The second kappa shape index (κ2) is 5.03. The van der Waals surface area contributed by atoms with Crippen molar-refractivity contribution in [3.05, 3.63) is 17.0 Å². The molecule has 1 aromatic heterocycles. The highest BCUT2D eigenvalue weighted by molar-refractivity contribution is 7.99. The fourth-order valence-electron chi connectivity index (χ4n) is 1.67. The van der Waals surface area contributed by atoms with E-state index in [0.717, 1.165) is 23.6 Å². The molecule has 15 heavy (non-hydrogen) atoms. The molecule has 0 aliphatic carbocycles. The molecule has 1 aliphatic heterocycles. The van der Waals surface area contributed by atoms with Gasteiger partial charge < -0.3 is 5.32 Å². The molecule has 0 radical (unpaired) electrons. The van der Waals surface area contributed by atoms with E-state index in [1.165, 1.54) is 18.5 Å². The van der Waals surface area contributed by atoms with Crippen LogP contribution in [0, 0.1) is 0 Å². The largest absolute Gasteiger partial charge is 0.366 e. The van der Waals surface area contributed by atoms with E-state index in [2.05, 4.69) is 22.2 Å². The smallest absolute Gasteiger partial charge is 0.137 e. The Kier molecular flexibility index (Phi) is 3.70. The zero-order chi connectivity index (χ0) is 10.7. The van der Waals surface area contributed by atoms with Gasteiger partial charge in [0.15, 0.2) is 0 Å². The zero-order valence-electron chi connectivity index (χ0n) is 8.66. The van der Waals surface area contributed by atoms with Crippen LogP contribution in [0.25, 0.3) is 0 Å². The van der Waals surface area contributed by atoms with Crippen molar-refractivity contribution >= 4 is 29.2 Å². The number of anilines is 1. The van der Waals surface area contributed by atoms with Crippen molar-refractivity contribution in [2.24, 2.45) is 0 Å². The van der Waals surface area contributed by atoms with Crippen LogP contribution in [0.4, 0.5) is 5.82 Å². The molecule has 2 heterocycles. The van der Waals surface area contributed by atoms with Crippen LogP contribution < -0.4 is 5.32 Å². The summed E-state index contributed by atoms with van der Waals surface area (Å²) in [6.07, 6.45) is 3.59. The summed E-state index contributed by atoms with van der Waals surface area (Å²) in [5.41, 5.74) is 1.02. The Labute approximate surface area is 99.0 Å². The van der Waals surface area contributed by atoms with E-state index in [1.807, 2.05) is 11.8 Å². The van der Waals surface area contributed by atoms with E-state index in [-0.39, 0.29) is 0 Å². The van der Waals surface area contributed by atoms with Crippen molar-refractivity contribution in [3.8, 4) is 0 Å². The first-order valence-electron chi connectivity index (χ1n) is 5.15. The molecule has 82 valence electrons.